The lowest BCUT2D eigenvalue weighted by atomic mass is 9.91. The highest BCUT2D eigenvalue weighted by Crippen LogP contribution is 2.29. The van der Waals surface area contributed by atoms with E-state index >= 15 is 0 Å². The van der Waals surface area contributed by atoms with Crippen LogP contribution in [-0.2, 0) is 0 Å². The number of pyridine rings is 1. The molecule has 1 saturated carbocycles. The second kappa shape index (κ2) is 5.47. The summed E-state index contributed by atoms with van der Waals surface area (Å²) in [6.07, 6.45) is 4.83. The third-order valence-electron chi connectivity index (χ3n) is 3.40. The van der Waals surface area contributed by atoms with E-state index in [1.165, 1.54) is 19.3 Å². The average molecular weight is 236 g/mol. The zero-order valence-corrected chi connectivity index (χ0v) is 10.2. The van der Waals surface area contributed by atoms with Gasteiger partial charge in [-0.05, 0) is 43.9 Å². The number of aliphatic hydroxyl groups is 2. The zero-order valence-electron chi connectivity index (χ0n) is 10.2. The predicted molar refractivity (Wildman–Crippen MR) is 66.9 cm³/mol. The molecule has 2 rings (SSSR count). The first kappa shape index (κ1) is 12.3. The summed E-state index contributed by atoms with van der Waals surface area (Å²) < 4.78 is 0. The van der Waals surface area contributed by atoms with Crippen LogP contribution in [0.2, 0.25) is 0 Å². The van der Waals surface area contributed by atoms with Gasteiger partial charge >= 0.3 is 0 Å². The van der Waals surface area contributed by atoms with Crippen LogP contribution in [0.25, 0.3) is 0 Å². The molecule has 17 heavy (non-hydrogen) atoms. The largest absolute Gasteiger partial charge is 0.395 e. The van der Waals surface area contributed by atoms with Gasteiger partial charge < -0.3 is 15.1 Å². The highest BCUT2D eigenvalue weighted by Gasteiger charge is 2.25. The summed E-state index contributed by atoms with van der Waals surface area (Å²) in [6.45, 7) is 2.50. The normalized spacial score (nSPS) is 17.6. The van der Waals surface area contributed by atoms with Crippen molar-refractivity contribution < 1.29 is 10.2 Å². The highest BCUT2D eigenvalue weighted by atomic mass is 16.3. The van der Waals surface area contributed by atoms with Gasteiger partial charge in [0.25, 0.3) is 0 Å². The number of hydrogen-bond donors (Lipinski definition) is 2. The summed E-state index contributed by atoms with van der Waals surface area (Å²) in [5.74, 6) is 0.863. The summed E-state index contributed by atoms with van der Waals surface area (Å²) in [7, 11) is 0. The first-order chi connectivity index (χ1) is 8.22. The number of nitrogens with zero attached hydrogens (tertiary/aromatic N) is 2. The molecule has 0 spiro atoms. The number of rotatable bonds is 5. The minimum Gasteiger partial charge on any atom is -0.395 e. The Labute approximate surface area is 102 Å². The molecule has 0 radical (unpaired) electrons. The third-order valence-corrected chi connectivity index (χ3v) is 3.40. The van der Waals surface area contributed by atoms with Crippen LogP contribution >= 0.6 is 0 Å². The maximum atomic E-state index is 9.57. The fraction of sp³-hybridized carbons (Fsp3) is 0.615. The van der Waals surface area contributed by atoms with Gasteiger partial charge in [0.1, 0.15) is 5.82 Å². The topological polar surface area (TPSA) is 56.6 Å². The van der Waals surface area contributed by atoms with E-state index in [0.29, 0.717) is 12.6 Å². The van der Waals surface area contributed by atoms with Crippen molar-refractivity contribution in [2.24, 2.45) is 0 Å². The first-order valence-electron chi connectivity index (χ1n) is 6.24. The van der Waals surface area contributed by atoms with Gasteiger partial charge in [-0.25, -0.2) is 4.98 Å². The van der Waals surface area contributed by atoms with Crippen molar-refractivity contribution in [1.82, 2.24) is 4.98 Å². The summed E-state index contributed by atoms with van der Waals surface area (Å²) in [5, 5.41) is 18.7. The van der Waals surface area contributed by atoms with Crippen LogP contribution in [0.15, 0.2) is 18.3 Å². The molecule has 1 heterocycles. The Morgan fingerprint density at radius 2 is 2.29 bits per heavy atom. The Bertz CT molecular complexity index is 364. The molecule has 2 N–H and O–H groups in total. The molecular formula is C13H20N2O2. The lowest BCUT2D eigenvalue weighted by molar-refractivity contribution is 0.199. The molecule has 4 nitrogen and oxygen atoms in total. The van der Waals surface area contributed by atoms with Crippen molar-refractivity contribution in [3.63, 3.8) is 0 Å². The fourth-order valence-corrected chi connectivity index (χ4v) is 2.14. The van der Waals surface area contributed by atoms with Crippen LogP contribution < -0.4 is 4.90 Å². The second-order valence-corrected chi connectivity index (χ2v) is 4.63. The van der Waals surface area contributed by atoms with E-state index in [1.807, 2.05) is 12.1 Å². The van der Waals surface area contributed by atoms with Crippen LogP contribution in [0.1, 0.15) is 37.9 Å². The number of aliphatic hydroxyl groups excluding tert-OH is 2. The molecule has 1 fully saturated rings. The highest BCUT2D eigenvalue weighted by molar-refractivity contribution is 5.43. The fourth-order valence-electron chi connectivity index (χ4n) is 2.14. The molecule has 0 aliphatic heterocycles. The standard InChI is InChI=1S/C13H20N2O2/c1-10(17)11-5-6-14-13(9-11)15(7-8-16)12-3-2-4-12/h5-6,9-10,12,16-17H,2-4,7-8H2,1H3. The smallest absolute Gasteiger partial charge is 0.129 e. The van der Waals surface area contributed by atoms with Gasteiger partial charge in [0.2, 0.25) is 0 Å². The Morgan fingerprint density at radius 1 is 1.53 bits per heavy atom. The maximum absolute atomic E-state index is 9.57. The molecule has 1 aliphatic rings. The van der Waals surface area contributed by atoms with Crippen LogP contribution in [0, 0.1) is 0 Å². The predicted octanol–water partition coefficient (Wildman–Crippen LogP) is 1.49. The number of aromatic nitrogens is 1. The van der Waals surface area contributed by atoms with Crippen molar-refractivity contribution in [1.29, 1.82) is 0 Å². The summed E-state index contributed by atoms with van der Waals surface area (Å²) in [6, 6.07) is 4.24. The van der Waals surface area contributed by atoms with Crippen molar-refractivity contribution in [2.75, 3.05) is 18.1 Å². The van der Waals surface area contributed by atoms with Crippen LogP contribution in [0.5, 0.6) is 0 Å². The molecule has 0 aromatic carbocycles. The minimum atomic E-state index is -0.478. The number of hydrogen-bond acceptors (Lipinski definition) is 4. The van der Waals surface area contributed by atoms with Gasteiger partial charge in [-0.1, -0.05) is 0 Å². The lowest BCUT2D eigenvalue weighted by Gasteiger charge is -2.38. The van der Waals surface area contributed by atoms with Crippen LogP contribution in [0.3, 0.4) is 0 Å². The van der Waals surface area contributed by atoms with E-state index < -0.39 is 6.10 Å². The SMILES string of the molecule is CC(O)c1ccnc(N(CCO)C2CCC2)c1. The molecule has 1 unspecified atom stereocenters. The Morgan fingerprint density at radius 3 is 2.82 bits per heavy atom. The zero-order chi connectivity index (χ0) is 12.3. The van der Waals surface area contributed by atoms with E-state index in [2.05, 4.69) is 9.88 Å². The van der Waals surface area contributed by atoms with Gasteiger partial charge in [-0.15, -0.1) is 0 Å². The van der Waals surface area contributed by atoms with E-state index in [4.69, 9.17) is 5.11 Å². The molecule has 1 atom stereocenters. The van der Waals surface area contributed by atoms with Gasteiger partial charge in [-0.2, -0.15) is 0 Å². The van der Waals surface area contributed by atoms with Crippen LogP contribution in [-0.4, -0.2) is 34.4 Å². The van der Waals surface area contributed by atoms with Crippen molar-refractivity contribution in [3.05, 3.63) is 23.9 Å². The van der Waals surface area contributed by atoms with Gasteiger partial charge in [-0.3, -0.25) is 0 Å². The molecule has 4 heteroatoms. The Kier molecular flexibility index (Phi) is 3.97. The Hall–Kier alpha value is -1.13. The van der Waals surface area contributed by atoms with Gasteiger partial charge in [0.15, 0.2) is 0 Å². The summed E-state index contributed by atoms with van der Waals surface area (Å²) >= 11 is 0. The van der Waals surface area contributed by atoms with Crippen molar-refractivity contribution in [3.8, 4) is 0 Å². The first-order valence-corrected chi connectivity index (χ1v) is 6.24. The van der Waals surface area contributed by atoms with Gasteiger partial charge in [0.05, 0.1) is 12.7 Å². The number of anilines is 1. The molecule has 1 aromatic rings. The molecule has 94 valence electrons. The third kappa shape index (κ3) is 2.76. The monoisotopic (exact) mass is 236 g/mol. The minimum absolute atomic E-state index is 0.136. The van der Waals surface area contributed by atoms with Crippen molar-refractivity contribution >= 4 is 5.82 Å². The second-order valence-electron chi connectivity index (χ2n) is 4.63. The lowest BCUT2D eigenvalue weighted by Crippen LogP contribution is -2.42. The quantitative estimate of drug-likeness (QED) is 0.813. The maximum Gasteiger partial charge on any atom is 0.129 e. The molecule has 1 aliphatic carbocycles. The Balaban J connectivity index is 2.19. The van der Waals surface area contributed by atoms with E-state index in [-0.39, 0.29) is 6.61 Å². The molecular weight excluding hydrogens is 216 g/mol. The van der Waals surface area contributed by atoms with E-state index in [0.717, 1.165) is 11.4 Å². The summed E-state index contributed by atoms with van der Waals surface area (Å²) in [4.78, 5) is 6.50. The van der Waals surface area contributed by atoms with Gasteiger partial charge in [0, 0.05) is 18.8 Å². The molecule has 0 amide bonds. The van der Waals surface area contributed by atoms with Crippen LogP contribution in [0.4, 0.5) is 5.82 Å². The summed E-state index contributed by atoms with van der Waals surface area (Å²) in [5.41, 5.74) is 0.872. The molecule has 1 aromatic heterocycles. The van der Waals surface area contributed by atoms with E-state index in [1.54, 1.807) is 13.1 Å². The van der Waals surface area contributed by atoms with Crippen molar-refractivity contribution in [2.45, 2.75) is 38.3 Å². The average Bonchev–Trinajstić information content (AvgIpc) is 2.26. The van der Waals surface area contributed by atoms with E-state index in [9.17, 15) is 5.11 Å². The molecule has 0 bridgehead atoms. The molecule has 0 saturated heterocycles.